The fraction of sp³-hybridized carbons (Fsp3) is 0.250. The molecule has 4 nitrogen and oxygen atoms in total. The largest absolute Gasteiger partial charge is 0.480 e. The molecule has 0 aliphatic heterocycles. The molecule has 0 aliphatic carbocycles. The van der Waals surface area contributed by atoms with Gasteiger partial charge in [0.05, 0.1) is 0 Å². The van der Waals surface area contributed by atoms with Crippen LogP contribution in [0.25, 0.3) is 10.9 Å². The second-order valence-corrected chi connectivity index (χ2v) is 4.27. The van der Waals surface area contributed by atoms with Crippen LogP contribution >= 0.6 is 11.6 Å². The fourth-order valence-corrected chi connectivity index (χ4v) is 2.15. The van der Waals surface area contributed by atoms with E-state index in [1.165, 1.54) is 0 Å². The third-order valence-corrected chi connectivity index (χ3v) is 3.03. The highest BCUT2D eigenvalue weighted by molar-refractivity contribution is 6.31. The van der Waals surface area contributed by atoms with Crippen molar-refractivity contribution in [3.05, 3.63) is 35.0 Å². The van der Waals surface area contributed by atoms with Gasteiger partial charge in [-0.1, -0.05) is 17.7 Å². The summed E-state index contributed by atoms with van der Waals surface area (Å²) in [6, 6.07) is 6.25. The topological polar surface area (TPSA) is 68.2 Å². The van der Waals surface area contributed by atoms with E-state index in [2.05, 4.69) is 0 Å². The standard InChI is InChI=1S/C12H13ClN2O2/c1-2-15-9-6-8(13)4-3-7(9)5-10(15)11(14)12(16)17/h3-6,11H,2,14H2,1H3,(H,16,17). The number of carbonyl (C=O) groups is 1. The van der Waals surface area contributed by atoms with Crippen molar-refractivity contribution in [3.8, 4) is 0 Å². The van der Waals surface area contributed by atoms with Crippen LogP contribution in [-0.2, 0) is 11.3 Å². The molecular weight excluding hydrogens is 240 g/mol. The Balaban J connectivity index is 2.68. The number of rotatable bonds is 3. The van der Waals surface area contributed by atoms with Gasteiger partial charge in [-0.25, -0.2) is 0 Å². The summed E-state index contributed by atoms with van der Waals surface area (Å²) in [6.45, 7) is 2.60. The minimum absolute atomic E-state index is 0.595. The quantitative estimate of drug-likeness (QED) is 0.881. The summed E-state index contributed by atoms with van der Waals surface area (Å²) in [5.41, 5.74) is 7.17. The van der Waals surface area contributed by atoms with Crippen molar-refractivity contribution in [3.63, 3.8) is 0 Å². The summed E-state index contributed by atoms with van der Waals surface area (Å²) in [7, 11) is 0. The highest BCUT2D eigenvalue weighted by Gasteiger charge is 2.20. The predicted octanol–water partition coefficient (Wildman–Crippen LogP) is 2.40. The molecule has 0 fully saturated rings. The van der Waals surface area contributed by atoms with E-state index in [0.29, 0.717) is 17.3 Å². The third-order valence-electron chi connectivity index (χ3n) is 2.80. The highest BCUT2D eigenvalue weighted by Crippen LogP contribution is 2.26. The van der Waals surface area contributed by atoms with Crippen LogP contribution in [-0.4, -0.2) is 15.6 Å². The summed E-state index contributed by atoms with van der Waals surface area (Å²) in [4.78, 5) is 10.9. The molecule has 90 valence electrons. The molecular formula is C12H13ClN2O2. The third kappa shape index (κ3) is 2.01. The summed E-state index contributed by atoms with van der Waals surface area (Å²) in [5, 5.41) is 10.5. The zero-order valence-electron chi connectivity index (χ0n) is 9.35. The van der Waals surface area contributed by atoms with Crippen LogP contribution in [0.3, 0.4) is 0 Å². The van der Waals surface area contributed by atoms with Gasteiger partial charge in [-0.3, -0.25) is 4.79 Å². The molecule has 2 rings (SSSR count). The van der Waals surface area contributed by atoms with E-state index >= 15 is 0 Å². The van der Waals surface area contributed by atoms with Gasteiger partial charge in [0.1, 0.15) is 6.04 Å². The molecule has 0 radical (unpaired) electrons. The van der Waals surface area contributed by atoms with Crippen LogP contribution in [0.2, 0.25) is 5.02 Å². The Morgan fingerprint density at radius 2 is 2.24 bits per heavy atom. The number of fused-ring (bicyclic) bond motifs is 1. The molecule has 0 spiro atoms. The average Bonchev–Trinajstić information content (AvgIpc) is 2.65. The second-order valence-electron chi connectivity index (χ2n) is 3.83. The van der Waals surface area contributed by atoms with Gasteiger partial charge < -0.3 is 15.4 Å². The number of hydrogen-bond acceptors (Lipinski definition) is 2. The number of aryl methyl sites for hydroxylation is 1. The van der Waals surface area contributed by atoms with Gasteiger partial charge in [0.2, 0.25) is 0 Å². The van der Waals surface area contributed by atoms with Crippen molar-refractivity contribution in [2.75, 3.05) is 0 Å². The molecule has 1 aromatic heterocycles. The van der Waals surface area contributed by atoms with E-state index < -0.39 is 12.0 Å². The predicted molar refractivity (Wildman–Crippen MR) is 67.2 cm³/mol. The SMILES string of the molecule is CCn1c(C(N)C(=O)O)cc2ccc(Cl)cc21. The van der Waals surface area contributed by atoms with Gasteiger partial charge in [-0.15, -0.1) is 0 Å². The van der Waals surface area contributed by atoms with E-state index in [1.54, 1.807) is 12.1 Å². The number of halogens is 1. The Bertz CT molecular complexity index is 577. The first-order chi connectivity index (χ1) is 8.04. The number of aromatic nitrogens is 1. The highest BCUT2D eigenvalue weighted by atomic mass is 35.5. The van der Waals surface area contributed by atoms with Gasteiger partial charge in [0.25, 0.3) is 0 Å². The van der Waals surface area contributed by atoms with Crippen molar-refractivity contribution < 1.29 is 9.90 Å². The summed E-state index contributed by atoms with van der Waals surface area (Å²) >= 11 is 5.94. The minimum Gasteiger partial charge on any atom is -0.480 e. The first-order valence-corrected chi connectivity index (χ1v) is 5.69. The number of benzene rings is 1. The van der Waals surface area contributed by atoms with Crippen LogP contribution in [0.1, 0.15) is 18.7 Å². The number of aliphatic carboxylic acids is 1. The van der Waals surface area contributed by atoms with Crippen LogP contribution in [0.15, 0.2) is 24.3 Å². The molecule has 0 saturated heterocycles. The zero-order chi connectivity index (χ0) is 12.6. The number of carboxylic acid groups (broad SMARTS) is 1. The summed E-state index contributed by atoms with van der Waals surface area (Å²) in [6.07, 6.45) is 0. The molecule has 2 aromatic rings. The van der Waals surface area contributed by atoms with E-state index in [9.17, 15) is 4.79 Å². The first-order valence-electron chi connectivity index (χ1n) is 5.31. The lowest BCUT2D eigenvalue weighted by Crippen LogP contribution is -2.23. The second kappa shape index (κ2) is 4.39. The maximum atomic E-state index is 10.9. The van der Waals surface area contributed by atoms with E-state index in [4.69, 9.17) is 22.4 Å². The van der Waals surface area contributed by atoms with Gasteiger partial charge in [0, 0.05) is 28.2 Å². The maximum absolute atomic E-state index is 10.9. The first kappa shape index (κ1) is 12.0. The normalized spacial score (nSPS) is 12.9. The number of carboxylic acids is 1. The molecule has 1 heterocycles. The Labute approximate surface area is 104 Å². The number of nitrogens with two attached hydrogens (primary N) is 1. The van der Waals surface area contributed by atoms with E-state index in [-0.39, 0.29) is 0 Å². The van der Waals surface area contributed by atoms with Crippen molar-refractivity contribution in [2.45, 2.75) is 19.5 Å². The molecule has 1 aromatic carbocycles. The van der Waals surface area contributed by atoms with Crippen LogP contribution in [0.5, 0.6) is 0 Å². The maximum Gasteiger partial charge on any atom is 0.326 e. The molecule has 0 bridgehead atoms. The minimum atomic E-state index is -1.03. The molecule has 0 amide bonds. The fourth-order valence-electron chi connectivity index (χ4n) is 1.99. The van der Waals surface area contributed by atoms with Gasteiger partial charge in [-0.05, 0) is 25.1 Å². The Morgan fingerprint density at radius 1 is 1.53 bits per heavy atom. The lowest BCUT2D eigenvalue weighted by atomic mass is 10.2. The van der Waals surface area contributed by atoms with Gasteiger partial charge in [-0.2, -0.15) is 0 Å². The number of nitrogens with zero attached hydrogens (tertiary/aromatic N) is 1. The molecule has 0 saturated carbocycles. The van der Waals surface area contributed by atoms with Crippen molar-refractivity contribution in [2.24, 2.45) is 5.73 Å². The van der Waals surface area contributed by atoms with E-state index in [0.717, 1.165) is 10.9 Å². The lowest BCUT2D eigenvalue weighted by molar-refractivity contribution is -0.138. The van der Waals surface area contributed by atoms with Gasteiger partial charge >= 0.3 is 5.97 Å². The van der Waals surface area contributed by atoms with Crippen molar-refractivity contribution >= 4 is 28.5 Å². The van der Waals surface area contributed by atoms with Crippen molar-refractivity contribution in [1.82, 2.24) is 4.57 Å². The van der Waals surface area contributed by atoms with Crippen LogP contribution in [0.4, 0.5) is 0 Å². The molecule has 17 heavy (non-hydrogen) atoms. The lowest BCUT2D eigenvalue weighted by Gasteiger charge is -2.11. The van der Waals surface area contributed by atoms with Crippen LogP contribution < -0.4 is 5.73 Å². The summed E-state index contributed by atoms with van der Waals surface area (Å²) < 4.78 is 1.88. The Kier molecular flexibility index (Phi) is 3.09. The zero-order valence-corrected chi connectivity index (χ0v) is 10.1. The molecule has 5 heteroatoms. The Hall–Kier alpha value is -1.52. The van der Waals surface area contributed by atoms with Gasteiger partial charge in [0.15, 0.2) is 0 Å². The van der Waals surface area contributed by atoms with E-state index in [1.807, 2.05) is 23.6 Å². The van der Waals surface area contributed by atoms with Crippen molar-refractivity contribution in [1.29, 1.82) is 0 Å². The van der Waals surface area contributed by atoms with Crippen LogP contribution in [0, 0.1) is 0 Å². The molecule has 3 N–H and O–H groups in total. The Morgan fingerprint density at radius 3 is 2.82 bits per heavy atom. The molecule has 1 atom stereocenters. The monoisotopic (exact) mass is 252 g/mol. The number of hydrogen-bond donors (Lipinski definition) is 2. The molecule has 0 aliphatic rings. The molecule has 1 unspecified atom stereocenters. The average molecular weight is 253 g/mol. The smallest absolute Gasteiger partial charge is 0.326 e. The summed E-state index contributed by atoms with van der Waals surface area (Å²) in [5.74, 6) is -1.03.